The lowest BCUT2D eigenvalue weighted by molar-refractivity contribution is 0.0483. The molecule has 2 aromatic carbocycles. The van der Waals surface area contributed by atoms with Crippen molar-refractivity contribution in [2.24, 2.45) is 0 Å². The molecule has 5 N–H and O–H groups in total. The fraction of sp³-hybridized carbons (Fsp3) is 0.395. The van der Waals surface area contributed by atoms with Crippen molar-refractivity contribution < 1.29 is 28.5 Å². The molecule has 1 aliphatic rings. The van der Waals surface area contributed by atoms with E-state index >= 15 is 0 Å². The summed E-state index contributed by atoms with van der Waals surface area (Å²) >= 11 is 0. The lowest BCUT2D eigenvalue weighted by atomic mass is 9.90. The maximum atomic E-state index is 14.2. The number of nitrogens with zero attached hydrogens (tertiary/aromatic N) is 3. The molecule has 0 unspecified atom stereocenters. The van der Waals surface area contributed by atoms with Gasteiger partial charge < -0.3 is 40.3 Å². The summed E-state index contributed by atoms with van der Waals surface area (Å²) in [6.07, 6.45) is 5.45. The van der Waals surface area contributed by atoms with Crippen molar-refractivity contribution in [2.45, 2.75) is 77.5 Å². The summed E-state index contributed by atoms with van der Waals surface area (Å²) in [7, 11) is 3.11. The Hall–Kier alpha value is -5.77. The van der Waals surface area contributed by atoms with E-state index in [0.29, 0.717) is 70.3 Å². The number of nitrogens with two attached hydrogens (primary N) is 2. The Kier molecular flexibility index (Phi) is 11.0. The van der Waals surface area contributed by atoms with Crippen molar-refractivity contribution in [2.75, 3.05) is 32.3 Å². The molecule has 2 heterocycles. The number of para-hydroxylation sites is 1. The molecule has 0 atom stereocenters. The van der Waals surface area contributed by atoms with Crippen LogP contribution in [0.25, 0.3) is 10.9 Å². The molecule has 5 rings (SSSR count). The number of amides is 1. The van der Waals surface area contributed by atoms with E-state index in [2.05, 4.69) is 27.1 Å². The Morgan fingerprint density at radius 1 is 1.04 bits per heavy atom. The summed E-state index contributed by atoms with van der Waals surface area (Å²) in [6.45, 7) is 7.25. The van der Waals surface area contributed by atoms with E-state index in [4.69, 9.17) is 30.4 Å². The van der Waals surface area contributed by atoms with E-state index in [1.165, 1.54) is 6.20 Å². The van der Waals surface area contributed by atoms with Gasteiger partial charge in [0.1, 0.15) is 17.0 Å². The zero-order chi connectivity index (χ0) is 36.9. The van der Waals surface area contributed by atoms with Crippen LogP contribution in [0.3, 0.4) is 0 Å². The van der Waals surface area contributed by atoms with E-state index in [9.17, 15) is 14.4 Å². The molecule has 0 aliphatic heterocycles. The molecular weight excluding hydrogens is 652 g/mol. The number of anilines is 2. The first-order valence-corrected chi connectivity index (χ1v) is 16.8. The summed E-state index contributed by atoms with van der Waals surface area (Å²) in [5.41, 5.74) is 13.8. The van der Waals surface area contributed by atoms with E-state index in [1.54, 1.807) is 39.5 Å². The molecular formula is C38H44N6O7. The first kappa shape index (κ1) is 36.5. The van der Waals surface area contributed by atoms with E-state index in [0.717, 1.165) is 0 Å². The van der Waals surface area contributed by atoms with Gasteiger partial charge in [-0.15, -0.1) is 0 Å². The lowest BCUT2D eigenvalue weighted by Gasteiger charge is -2.32. The third-order valence-electron chi connectivity index (χ3n) is 8.57. The second-order valence-electron chi connectivity index (χ2n) is 13.3. The van der Waals surface area contributed by atoms with E-state index in [1.807, 2.05) is 43.5 Å². The predicted molar refractivity (Wildman–Crippen MR) is 194 cm³/mol. The molecule has 13 nitrogen and oxygen atoms in total. The molecule has 268 valence electrons. The predicted octanol–water partition coefficient (Wildman–Crippen LogP) is 5.15. The van der Waals surface area contributed by atoms with Crippen molar-refractivity contribution in [3.63, 3.8) is 0 Å². The van der Waals surface area contributed by atoms with Crippen molar-refractivity contribution in [3.8, 4) is 23.3 Å². The highest BCUT2D eigenvalue weighted by atomic mass is 16.6. The number of nitrogens with one attached hydrogen (secondary N) is 1. The monoisotopic (exact) mass is 696 g/mol. The van der Waals surface area contributed by atoms with Crippen LogP contribution in [0.1, 0.15) is 92.0 Å². The number of aromatic nitrogens is 3. The summed E-state index contributed by atoms with van der Waals surface area (Å²) in [5, 5.41) is 3.31. The van der Waals surface area contributed by atoms with Gasteiger partial charge in [-0.25, -0.2) is 14.6 Å². The molecule has 1 saturated carbocycles. The minimum Gasteiger partial charge on any atom is -0.493 e. The molecule has 1 aliphatic carbocycles. The summed E-state index contributed by atoms with van der Waals surface area (Å²) < 4.78 is 23.8. The molecule has 0 radical (unpaired) electrons. The molecule has 1 amide bonds. The number of rotatable bonds is 8. The number of carbonyl (C=O) groups excluding carboxylic acids is 2. The fourth-order valence-electron chi connectivity index (χ4n) is 6.29. The Morgan fingerprint density at radius 2 is 1.78 bits per heavy atom. The van der Waals surface area contributed by atoms with Gasteiger partial charge in [-0.05, 0) is 83.2 Å². The number of methoxy groups -OCH3 is 2. The zero-order valence-corrected chi connectivity index (χ0v) is 29.8. The minimum absolute atomic E-state index is 0.0247. The van der Waals surface area contributed by atoms with Gasteiger partial charge in [-0.1, -0.05) is 17.9 Å². The minimum atomic E-state index is -0.714. The second-order valence-corrected chi connectivity index (χ2v) is 13.3. The Morgan fingerprint density at radius 3 is 2.43 bits per heavy atom. The third-order valence-corrected chi connectivity index (χ3v) is 8.57. The number of carbonyl (C=O) groups is 2. The topological polar surface area (TPSA) is 183 Å². The Balaban J connectivity index is 1.66. The first-order valence-electron chi connectivity index (χ1n) is 16.8. The van der Waals surface area contributed by atoms with Gasteiger partial charge in [0.2, 0.25) is 11.4 Å². The maximum Gasteiger partial charge on any atom is 0.407 e. The second kappa shape index (κ2) is 15.4. The lowest BCUT2D eigenvalue weighted by Crippen LogP contribution is -2.41. The highest BCUT2D eigenvalue weighted by Crippen LogP contribution is 2.34. The van der Waals surface area contributed by atoms with Crippen LogP contribution in [0.15, 0.2) is 47.5 Å². The molecule has 0 bridgehead atoms. The number of alkyl carbamates (subject to hydrolysis) is 1. The first-order chi connectivity index (χ1) is 24.3. The average molecular weight is 697 g/mol. The summed E-state index contributed by atoms with van der Waals surface area (Å²) in [6, 6.07) is 8.89. The molecule has 2 aromatic heterocycles. The molecule has 4 aromatic rings. The zero-order valence-electron chi connectivity index (χ0n) is 29.8. The SMILES string of the molecule is CCOC(=O)c1cn([C@H]2CC[C@H](NC(=O)OC(C)(C)C)CC2)c2cc(C#Cc3cccc(OC)c3OC)cc(Cc3cnc(N)nc3N)c2c1=O. The number of nitrogen functional groups attached to an aromatic ring is 2. The van der Waals surface area contributed by atoms with Gasteiger partial charge >= 0.3 is 12.1 Å². The van der Waals surface area contributed by atoms with Crippen molar-refractivity contribution in [1.82, 2.24) is 19.9 Å². The van der Waals surface area contributed by atoms with Gasteiger partial charge in [-0.3, -0.25) is 4.79 Å². The number of fused-ring (bicyclic) bond motifs is 1. The van der Waals surface area contributed by atoms with Gasteiger partial charge in [0.15, 0.2) is 11.5 Å². The van der Waals surface area contributed by atoms with Crippen molar-refractivity contribution in [1.29, 1.82) is 0 Å². The number of hydrogen-bond donors (Lipinski definition) is 3. The van der Waals surface area contributed by atoms with Gasteiger partial charge in [0, 0.05) is 42.0 Å². The quantitative estimate of drug-likeness (QED) is 0.164. The third kappa shape index (κ3) is 8.52. The number of hydrogen-bond acceptors (Lipinski definition) is 11. The molecule has 0 saturated heterocycles. The standard InChI is InChI=1S/C38H44N6O7/c1-7-50-35(46)28-21-44(27-15-13-26(14-16-27)42-37(47)51-38(2,3)4)29-18-22(11-12-23-9-8-10-30(48-5)33(23)49-6)17-24(31(29)32(28)45)19-25-20-41-36(40)43-34(25)39/h8-10,17-18,20-21,26-27H,7,13-16,19H2,1-6H3,(H,42,47)(H4,39,40,41,43)/t26-,27-. The molecule has 0 spiro atoms. The van der Waals surface area contributed by atoms with Crippen molar-refractivity contribution in [3.05, 3.63) is 80.8 Å². The van der Waals surface area contributed by atoms with Gasteiger partial charge in [-0.2, -0.15) is 4.98 Å². The molecule has 13 heteroatoms. The van der Waals surface area contributed by atoms with Gasteiger partial charge in [0.25, 0.3) is 0 Å². The number of esters is 1. The van der Waals surface area contributed by atoms with Gasteiger partial charge in [0.05, 0.1) is 37.3 Å². The van der Waals surface area contributed by atoms with Crippen LogP contribution in [-0.2, 0) is 15.9 Å². The molecule has 51 heavy (non-hydrogen) atoms. The highest BCUT2D eigenvalue weighted by molar-refractivity contribution is 5.95. The van der Waals surface area contributed by atoms with Crippen LogP contribution in [0, 0.1) is 11.8 Å². The van der Waals surface area contributed by atoms with Crippen LogP contribution in [-0.4, -0.2) is 59.1 Å². The number of pyridine rings is 1. The summed E-state index contributed by atoms with van der Waals surface area (Å²) in [5.74, 6) is 6.96. The Bertz CT molecular complexity index is 2070. The van der Waals surface area contributed by atoms with Crippen molar-refractivity contribution >= 4 is 34.7 Å². The smallest absolute Gasteiger partial charge is 0.407 e. The van der Waals surface area contributed by atoms with E-state index in [-0.39, 0.29) is 42.4 Å². The van der Waals surface area contributed by atoms with E-state index < -0.39 is 23.1 Å². The maximum absolute atomic E-state index is 14.2. The van der Waals surface area contributed by atoms with Crippen LogP contribution < -0.4 is 31.7 Å². The Labute approximate surface area is 296 Å². The highest BCUT2D eigenvalue weighted by Gasteiger charge is 2.28. The van der Waals surface area contributed by atoms with Crippen LogP contribution in [0.5, 0.6) is 11.5 Å². The largest absolute Gasteiger partial charge is 0.493 e. The summed E-state index contributed by atoms with van der Waals surface area (Å²) in [4.78, 5) is 48.2. The number of benzene rings is 2. The molecule has 1 fully saturated rings. The fourth-order valence-corrected chi connectivity index (χ4v) is 6.29. The average Bonchev–Trinajstić information content (AvgIpc) is 3.08. The normalized spacial score (nSPS) is 15.7. The van der Waals surface area contributed by atoms with Crippen LogP contribution in [0.4, 0.5) is 16.6 Å². The van der Waals surface area contributed by atoms with Crippen LogP contribution >= 0.6 is 0 Å². The van der Waals surface area contributed by atoms with Crippen LogP contribution in [0.2, 0.25) is 0 Å². The number of ether oxygens (including phenoxy) is 4.